The van der Waals surface area contributed by atoms with Gasteiger partial charge in [0.2, 0.25) is 0 Å². The van der Waals surface area contributed by atoms with Gasteiger partial charge >= 0.3 is 0 Å². The van der Waals surface area contributed by atoms with Crippen LogP contribution in [0.5, 0.6) is 11.5 Å². The Balaban J connectivity index is 1.61. The minimum absolute atomic E-state index is 0.0315. The lowest BCUT2D eigenvalue weighted by molar-refractivity contribution is -0.118. The molecule has 1 N–H and O–H groups in total. The van der Waals surface area contributed by atoms with Gasteiger partial charge < -0.3 is 19.5 Å². The number of amides is 1. The highest BCUT2D eigenvalue weighted by molar-refractivity contribution is 5.96. The molecule has 2 heterocycles. The zero-order valence-electron chi connectivity index (χ0n) is 11.9. The van der Waals surface area contributed by atoms with Gasteiger partial charge in [0.1, 0.15) is 24.2 Å². The van der Waals surface area contributed by atoms with Gasteiger partial charge in [-0.25, -0.2) is 0 Å². The monoisotopic (exact) mass is 297 g/mol. The molecule has 1 fully saturated rings. The molecule has 2 aliphatic rings. The predicted octanol–water partition coefficient (Wildman–Crippen LogP) is 2.67. The van der Waals surface area contributed by atoms with E-state index in [0.29, 0.717) is 30.4 Å². The van der Waals surface area contributed by atoms with Crippen molar-refractivity contribution < 1.29 is 19.0 Å². The Morgan fingerprint density at radius 2 is 2.05 bits per heavy atom. The maximum absolute atomic E-state index is 11.5. The Kier molecular flexibility index (Phi) is 3.20. The van der Waals surface area contributed by atoms with E-state index in [4.69, 9.17) is 14.2 Å². The number of rotatable bonds is 4. The van der Waals surface area contributed by atoms with Crippen LogP contribution in [0.25, 0.3) is 0 Å². The van der Waals surface area contributed by atoms with Crippen LogP contribution in [0.15, 0.2) is 42.5 Å². The molecule has 0 radical (unpaired) electrons. The van der Waals surface area contributed by atoms with Crippen LogP contribution in [0.1, 0.15) is 17.2 Å². The van der Waals surface area contributed by atoms with Crippen LogP contribution in [0.3, 0.4) is 0 Å². The third-order valence-electron chi connectivity index (χ3n) is 3.64. The van der Waals surface area contributed by atoms with E-state index < -0.39 is 0 Å². The first-order valence-corrected chi connectivity index (χ1v) is 7.18. The van der Waals surface area contributed by atoms with E-state index in [0.717, 1.165) is 11.1 Å². The quantitative estimate of drug-likeness (QED) is 0.881. The first kappa shape index (κ1) is 13.2. The second-order valence-electron chi connectivity index (χ2n) is 5.32. The third kappa shape index (κ3) is 2.63. The number of hydrogen-bond donors (Lipinski definition) is 1. The van der Waals surface area contributed by atoms with Crippen LogP contribution in [0.2, 0.25) is 0 Å². The summed E-state index contributed by atoms with van der Waals surface area (Å²) < 4.78 is 16.7. The average Bonchev–Trinajstić information content (AvgIpc) is 3.37. The smallest absolute Gasteiger partial charge is 0.262 e. The van der Waals surface area contributed by atoms with Gasteiger partial charge in [0.05, 0.1) is 12.3 Å². The lowest BCUT2D eigenvalue weighted by Crippen LogP contribution is -2.26. The maximum Gasteiger partial charge on any atom is 0.262 e. The number of ether oxygens (including phenoxy) is 3. The normalized spacial score (nSPS) is 18.9. The van der Waals surface area contributed by atoms with E-state index in [1.54, 1.807) is 6.07 Å². The highest BCUT2D eigenvalue weighted by atomic mass is 16.6. The molecular formula is C17H15NO4. The van der Waals surface area contributed by atoms with Crippen molar-refractivity contribution in [1.29, 1.82) is 0 Å². The molecule has 5 nitrogen and oxygen atoms in total. The zero-order chi connectivity index (χ0) is 14.9. The van der Waals surface area contributed by atoms with Crippen LogP contribution < -0.4 is 14.8 Å². The first-order valence-electron chi connectivity index (χ1n) is 7.18. The van der Waals surface area contributed by atoms with Crippen LogP contribution in [-0.4, -0.2) is 19.1 Å². The fourth-order valence-electron chi connectivity index (χ4n) is 2.49. The molecule has 0 aliphatic carbocycles. The SMILES string of the molecule is O=C1COc2c(cc(OCc3ccccc3)cc2C2CO2)N1. The van der Waals surface area contributed by atoms with E-state index in [1.165, 1.54) is 0 Å². The van der Waals surface area contributed by atoms with E-state index in [1.807, 2.05) is 36.4 Å². The molecule has 0 bridgehead atoms. The molecule has 0 spiro atoms. The summed E-state index contributed by atoms with van der Waals surface area (Å²) in [6.07, 6.45) is 0.0315. The Bertz CT molecular complexity index is 710. The van der Waals surface area contributed by atoms with Crippen molar-refractivity contribution >= 4 is 11.6 Å². The molecule has 5 heteroatoms. The van der Waals surface area contributed by atoms with Gasteiger partial charge in [-0.15, -0.1) is 0 Å². The number of carbonyl (C=O) groups is 1. The van der Waals surface area contributed by atoms with Crippen LogP contribution in [0.4, 0.5) is 5.69 Å². The summed E-state index contributed by atoms with van der Waals surface area (Å²) >= 11 is 0. The Morgan fingerprint density at radius 3 is 2.82 bits per heavy atom. The van der Waals surface area contributed by atoms with Gasteiger partial charge in [-0.3, -0.25) is 4.79 Å². The number of hydrogen-bond acceptors (Lipinski definition) is 4. The number of anilines is 1. The van der Waals surface area contributed by atoms with E-state index in [9.17, 15) is 4.79 Å². The van der Waals surface area contributed by atoms with Gasteiger partial charge in [-0.05, 0) is 11.6 Å². The lowest BCUT2D eigenvalue weighted by atomic mass is 10.1. The number of fused-ring (bicyclic) bond motifs is 1. The molecule has 112 valence electrons. The van der Waals surface area contributed by atoms with Crippen molar-refractivity contribution in [2.24, 2.45) is 0 Å². The third-order valence-corrected chi connectivity index (χ3v) is 3.64. The highest BCUT2D eigenvalue weighted by Crippen LogP contribution is 2.44. The maximum atomic E-state index is 11.5. The topological polar surface area (TPSA) is 60.1 Å². The molecule has 1 saturated heterocycles. The van der Waals surface area contributed by atoms with Crippen molar-refractivity contribution in [3.05, 3.63) is 53.6 Å². The van der Waals surface area contributed by atoms with Gasteiger partial charge in [-0.2, -0.15) is 0 Å². The van der Waals surface area contributed by atoms with Gasteiger partial charge in [-0.1, -0.05) is 30.3 Å². The van der Waals surface area contributed by atoms with E-state index in [-0.39, 0.29) is 18.6 Å². The summed E-state index contributed by atoms with van der Waals surface area (Å²) in [7, 11) is 0. The second-order valence-corrected chi connectivity index (χ2v) is 5.32. The first-order chi connectivity index (χ1) is 10.8. The Morgan fingerprint density at radius 1 is 1.23 bits per heavy atom. The number of epoxide rings is 1. The standard InChI is InChI=1S/C17H15NO4/c19-16-10-22-17-13(15-9-21-15)6-12(7-14(17)18-16)20-8-11-4-2-1-3-5-11/h1-7,15H,8-10H2,(H,18,19). The van der Waals surface area contributed by atoms with E-state index >= 15 is 0 Å². The minimum atomic E-state index is -0.157. The summed E-state index contributed by atoms with van der Waals surface area (Å²) in [5.74, 6) is 1.23. The van der Waals surface area contributed by atoms with Crippen LogP contribution in [0, 0.1) is 0 Å². The molecule has 2 aromatic rings. The van der Waals surface area contributed by atoms with Crippen molar-refractivity contribution in [2.45, 2.75) is 12.7 Å². The van der Waals surface area contributed by atoms with Crippen LogP contribution in [-0.2, 0) is 16.1 Å². The molecular weight excluding hydrogens is 282 g/mol. The van der Waals surface area contributed by atoms with Crippen molar-refractivity contribution in [3.63, 3.8) is 0 Å². The molecule has 0 saturated carbocycles. The van der Waals surface area contributed by atoms with Crippen LogP contribution >= 0.6 is 0 Å². The minimum Gasteiger partial charge on any atom is -0.489 e. The summed E-state index contributed by atoms with van der Waals surface area (Å²) in [5.41, 5.74) is 2.66. The summed E-state index contributed by atoms with van der Waals surface area (Å²) in [4.78, 5) is 11.5. The second kappa shape index (κ2) is 5.35. The fourth-order valence-corrected chi connectivity index (χ4v) is 2.49. The van der Waals surface area contributed by atoms with Gasteiger partial charge in [0, 0.05) is 11.6 Å². The number of nitrogens with one attached hydrogen (secondary N) is 1. The molecule has 2 aliphatic heterocycles. The summed E-state index contributed by atoms with van der Waals surface area (Å²) in [6, 6.07) is 13.7. The highest BCUT2D eigenvalue weighted by Gasteiger charge is 2.32. The molecule has 1 unspecified atom stereocenters. The van der Waals surface area contributed by atoms with E-state index in [2.05, 4.69) is 5.32 Å². The van der Waals surface area contributed by atoms with Gasteiger partial charge in [0.15, 0.2) is 6.61 Å². The molecule has 0 aromatic heterocycles. The molecule has 4 rings (SSSR count). The Labute approximate surface area is 127 Å². The van der Waals surface area contributed by atoms with Crippen molar-refractivity contribution in [1.82, 2.24) is 0 Å². The average molecular weight is 297 g/mol. The molecule has 1 atom stereocenters. The molecule has 22 heavy (non-hydrogen) atoms. The summed E-state index contributed by atoms with van der Waals surface area (Å²) in [5, 5.41) is 2.82. The Hall–Kier alpha value is -2.53. The largest absolute Gasteiger partial charge is 0.489 e. The molecule has 1 amide bonds. The van der Waals surface area contributed by atoms with Crippen molar-refractivity contribution in [2.75, 3.05) is 18.5 Å². The predicted molar refractivity (Wildman–Crippen MR) is 80.0 cm³/mol. The van der Waals surface area contributed by atoms with Crippen molar-refractivity contribution in [3.8, 4) is 11.5 Å². The summed E-state index contributed by atoms with van der Waals surface area (Å²) in [6.45, 7) is 1.18. The fraction of sp³-hybridized carbons (Fsp3) is 0.235. The zero-order valence-corrected chi connectivity index (χ0v) is 11.9. The number of carbonyl (C=O) groups excluding carboxylic acids is 1. The number of benzene rings is 2. The molecule has 2 aromatic carbocycles. The van der Waals surface area contributed by atoms with Gasteiger partial charge in [0.25, 0.3) is 5.91 Å². The lowest BCUT2D eigenvalue weighted by Gasteiger charge is -2.21.